The third kappa shape index (κ3) is 2.99. The molecule has 0 fully saturated rings. The van der Waals surface area contributed by atoms with Gasteiger partial charge >= 0.3 is 0 Å². The summed E-state index contributed by atoms with van der Waals surface area (Å²) in [6.07, 6.45) is 0. The quantitative estimate of drug-likeness (QED) is 0.778. The minimum atomic E-state index is -3.67. The number of hydrogen-bond donors (Lipinski definition) is 0. The second kappa shape index (κ2) is 4.99. The molecule has 0 heterocycles. The van der Waals surface area contributed by atoms with Crippen LogP contribution in [0, 0.1) is 20.8 Å². The molecule has 0 N–H and O–H groups in total. The van der Waals surface area contributed by atoms with Gasteiger partial charge in [-0.05, 0) is 55.2 Å². The summed E-state index contributed by atoms with van der Waals surface area (Å²) in [6, 6.07) is 11.2. The van der Waals surface area contributed by atoms with Crippen LogP contribution in [0.1, 0.15) is 16.7 Å². The summed E-state index contributed by atoms with van der Waals surface area (Å²) in [4.78, 5) is 0.140. The molecule has 4 heteroatoms. The monoisotopic (exact) mass is 294 g/mol. The lowest BCUT2D eigenvalue weighted by Gasteiger charge is -2.11. The molecule has 0 aliphatic heterocycles. The lowest BCUT2D eigenvalue weighted by molar-refractivity contribution is 0.609. The molecule has 0 spiro atoms. The summed E-state index contributed by atoms with van der Waals surface area (Å²) in [5.74, 6) is 0. The van der Waals surface area contributed by atoms with E-state index in [1.54, 1.807) is 12.1 Å². The average molecular weight is 295 g/mol. The Hall–Kier alpha value is -1.32. The van der Waals surface area contributed by atoms with Gasteiger partial charge in [0.1, 0.15) is 0 Å². The van der Waals surface area contributed by atoms with Gasteiger partial charge in [-0.15, -0.1) is 0 Å². The van der Waals surface area contributed by atoms with Gasteiger partial charge in [0.25, 0.3) is 9.05 Å². The van der Waals surface area contributed by atoms with Crippen molar-refractivity contribution >= 4 is 19.7 Å². The maximum absolute atomic E-state index is 11.3. The average Bonchev–Trinajstić information content (AvgIpc) is 2.31. The first kappa shape index (κ1) is 14.1. The van der Waals surface area contributed by atoms with Crippen molar-refractivity contribution in [3.8, 4) is 11.1 Å². The smallest absolute Gasteiger partial charge is 0.207 e. The SMILES string of the molecule is Cc1ccc(C)c(-c2ccc(S(=O)(=O)Cl)cc2C)c1. The summed E-state index contributed by atoms with van der Waals surface area (Å²) < 4.78 is 22.6. The number of aryl methyl sites for hydroxylation is 3. The van der Waals surface area contributed by atoms with Gasteiger partial charge in [-0.3, -0.25) is 0 Å². The Morgan fingerprint density at radius 3 is 2.11 bits per heavy atom. The molecule has 2 rings (SSSR count). The molecule has 100 valence electrons. The molecule has 0 saturated heterocycles. The van der Waals surface area contributed by atoms with Crippen molar-refractivity contribution in [2.75, 3.05) is 0 Å². The molecule has 2 aromatic carbocycles. The highest BCUT2D eigenvalue weighted by molar-refractivity contribution is 8.13. The standard InChI is InChI=1S/C15H15ClO2S/c1-10-4-5-11(2)15(8-10)14-7-6-13(9-12(14)3)19(16,17)18/h4-9H,1-3H3. The van der Waals surface area contributed by atoms with E-state index in [0.29, 0.717) is 0 Å². The van der Waals surface area contributed by atoms with Gasteiger partial charge in [0.05, 0.1) is 4.90 Å². The van der Waals surface area contributed by atoms with Gasteiger partial charge in [0, 0.05) is 10.7 Å². The van der Waals surface area contributed by atoms with Crippen molar-refractivity contribution in [1.82, 2.24) is 0 Å². The fourth-order valence-corrected chi connectivity index (χ4v) is 2.95. The highest BCUT2D eigenvalue weighted by atomic mass is 35.7. The Bertz CT molecular complexity index is 734. The first-order valence-electron chi connectivity index (χ1n) is 5.92. The van der Waals surface area contributed by atoms with Crippen molar-refractivity contribution in [2.45, 2.75) is 25.7 Å². The maximum atomic E-state index is 11.3. The van der Waals surface area contributed by atoms with Crippen LogP contribution in [0.25, 0.3) is 11.1 Å². The van der Waals surface area contributed by atoms with E-state index < -0.39 is 9.05 Å². The highest BCUT2D eigenvalue weighted by Gasteiger charge is 2.13. The first-order chi connectivity index (χ1) is 8.79. The van der Waals surface area contributed by atoms with Gasteiger partial charge in [-0.2, -0.15) is 0 Å². The summed E-state index contributed by atoms with van der Waals surface area (Å²) >= 11 is 0. The molecule has 0 aromatic heterocycles. The molecule has 0 atom stereocenters. The zero-order valence-electron chi connectivity index (χ0n) is 11.1. The molecule has 0 amide bonds. The third-order valence-electron chi connectivity index (χ3n) is 3.16. The Labute approximate surface area is 118 Å². The minimum Gasteiger partial charge on any atom is -0.207 e. The molecule has 0 bridgehead atoms. The number of benzene rings is 2. The fraction of sp³-hybridized carbons (Fsp3) is 0.200. The first-order valence-corrected chi connectivity index (χ1v) is 8.23. The van der Waals surface area contributed by atoms with E-state index in [1.807, 2.05) is 26.8 Å². The van der Waals surface area contributed by atoms with E-state index in [0.717, 1.165) is 22.3 Å². The normalized spacial score (nSPS) is 11.6. The van der Waals surface area contributed by atoms with Crippen molar-refractivity contribution in [3.63, 3.8) is 0 Å². The van der Waals surface area contributed by atoms with Gasteiger partial charge in [-0.1, -0.05) is 29.8 Å². The van der Waals surface area contributed by atoms with Crippen molar-refractivity contribution < 1.29 is 8.42 Å². The van der Waals surface area contributed by atoms with Crippen LogP contribution >= 0.6 is 10.7 Å². The van der Waals surface area contributed by atoms with Crippen molar-refractivity contribution in [3.05, 3.63) is 53.1 Å². The molecular formula is C15H15ClO2S. The number of rotatable bonds is 2. The molecule has 2 aromatic rings. The van der Waals surface area contributed by atoms with Crippen LogP contribution in [0.15, 0.2) is 41.3 Å². The summed E-state index contributed by atoms with van der Waals surface area (Å²) in [6.45, 7) is 5.97. The second-order valence-corrected chi connectivity index (χ2v) is 7.30. The minimum absolute atomic E-state index is 0.140. The Morgan fingerprint density at radius 2 is 1.53 bits per heavy atom. The van der Waals surface area contributed by atoms with Gasteiger partial charge in [0.2, 0.25) is 0 Å². The Morgan fingerprint density at radius 1 is 0.842 bits per heavy atom. The van der Waals surface area contributed by atoms with Gasteiger partial charge < -0.3 is 0 Å². The lowest BCUT2D eigenvalue weighted by atomic mass is 9.95. The van der Waals surface area contributed by atoms with Gasteiger partial charge in [-0.25, -0.2) is 8.42 Å². The summed E-state index contributed by atoms with van der Waals surface area (Å²) in [5.41, 5.74) is 5.39. The topological polar surface area (TPSA) is 34.1 Å². The molecule has 0 saturated carbocycles. The van der Waals surface area contributed by atoms with Crippen LogP contribution in [0.5, 0.6) is 0 Å². The maximum Gasteiger partial charge on any atom is 0.261 e. The van der Waals surface area contributed by atoms with Crippen LogP contribution in [-0.2, 0) is 9.05 Å². The van der Waals surface area contributed by atoms with Crippen LogP contribution in [-0.4, -0.2) is 8.42 Å². The predicted molar refractivity (Wildman–Crippen MR) is 79.1 cm³/mol. The van der Waals surface area contributed by atoms with E-state index in [-0.39, 0.29) is 4.90 Å². The van der Waals surface area contributed by atoms with Crippen LogP contribution < -0.4 is 0 Å². The zero-order valence-corrected chi connectivity index (χ0v) is 12.6. The van der Waals surface area contributed by atoms with E-state index in [9.17, 15) is 8.42 Å². The third-order valence-corrected chi connectivity index (χ3v) is 4.51. The van der Waals surface area contributed by atoms with E-state index >= 15 is 0 Å². The van der Waals surface area contributed by atoms with Crippen LogP contribution in [0.4, 0.5) is 0 Å². The zero-order chi connectivity index (χ0) is 14.2. The summed E-state index contributed by atoms with van der Waals surface area (Å²) in [5, 5.41) is 0. The number of halogens is 1. The van der Waals surface area contributed by atoms with E-state index in [2.05, 4.69) is 18.2 Å². The van der Waals surface area contributed by atoms with Crippen LogP contribution in [0.2, 0.25) is 0 Å². The van der Waals surface area contributed by atoms with Crippen LogP contribution in [0.3, 0.4) is 0 Å². The fourth-order valence-electron chi connectivity index (χ4n) is 2.12. The Kier molecular flexibility index (Phi) is 3.70. The predicted octanol–water partition coefficient (Wildman–Crippen LogP) is 4.21. The van der Waals surface area contributed by atoms with Crippen molar-refractivity contribution in [2.24, 2.45) is 0 Å². The molecular weight excluding hydrogens is 280 g/mol. The number of hydrogen-bond acceptors (Lipinski definition) is 2. The highest BCUT2D eigenvalue weighted by Crippen LogP contribution is 2.29. The molecule has 0 aliphatic rings. The largest absolute Gasteiger partial charge is 0.261 e. The molecule has 0 aliphatic carbocycles. The molecule has 19 heavy (non-hydrogen) atoms. The second-order valence-electron chi connectivity index (χ2n) is 4.73. The molecule has 2 nitrogen and oxygen atoms in total. The molecule has 0 radical (unpaired) electrons. The lowest BCUT2D eigenvalue weighted by Crippen LogP contribution is -1.94. The Balaban J connectivity index is 2.62. The summed E-state index contributed by atoms with van der Waals surface area (Å²) in [7, 11) is 1.69. The van der Waals surface area contributed by atoms with E-state index in [4.69, 9.17) is 10.7 Å². The van der Waals surface area contributed by atoms with Crippen molar-refractivity contribution in [1.29, 1.82) is 0 Å². The molecule has 0 unspecified atom stereocenters. The van der Waals surface area contributed by atoms with Gasteiger partial charge in [0.15, 0.2) is 0 Å². The van der Waals surface area contributed by atoms with E-state index in [1.165, 1.54) is 5.56 Å².